The van der Waals surface area contributed by atoms with Gasteiger partial charge in [0.25, 0.3) is 5.91 Å². The van der Waals surface area contributed by atoms with Gasteiger partial charge < -0.3 is 10.0 Å². The molecule has 0 atom stereocenters. The normalized spacial score (nSPS) is 10.6. The highest BCUT2D eigenvalue weighted by molar-refractivity contribution is 5.95. The number of nitro benzene ring substituents is 1. The van der Waals surface area contributed by atoms with E-state index in [2.05, 4.69) is 10.5 Å². The molecule has 0 aromatic heterocycles. The summed E-state index contributed by atoms with van der Waals surface area (Å²) in [7, 11) is 3.74. The van der Waals surface area contributed by atoms with Gasteiger partial charge in [0, 0.05) is 37.0 Å². The minimum atomic E-state index is -0.696. The lowest BCUT2D eigenvalue weighted by Crippen LogP contribution is -2.18. The fraction of sp³-hybridized carbons (Fsp3) is 0.125. The number of nitro groups is 1. The number of hydrogen-bond donors (Lipinski definition) is 2. The number of nitrogens with zero attached hydrogens (tertiary/aromatic N) is 3. The number of anilines is 1. The molecule has 0 saturated carbocycles. The molecule has 2 rings (SSSR count). The second kappa shape index (κ2) is 7.23. The Morgan fingerprint density at radius 2 is 2.04 bits per heavy atom. The quantitative estimate of drug-likeness (QED) is 0.496. The van der Waals surface area contributed by atoms with Gasteiger partial charge in [0.15, 0.2) is 5.75 Å². The minimum Gasteiger partial charge on any atom is -0.502 e. The van der Waals surface area contributed by atoms with Gasteiger partial charge in [-0.25, -0.2) is 5.43 Å². The lowest BCUT2D eigenvalue weighted by molar-refractivity contribution is -0.385. The van der Waals surface area contributed by atoms with E-state index in [-0.39, 0.29) is 0 Å². The fourth-order valence-corrected chi connectivity index (χ4v) is 1.92. The van der Waals surface area contributed by atoms with Gasteiger partial charge in [0.05, 0.1) is 11.1 Å². The zero-order valence-electron chi connectivity index (χ0n) is 13.1. The lowest BCUT2D eigenvalue weighted by Gasteiger charge is -2.12. The summed E-state index contributed by atoms with van der Waals surface area (Å²) >= 11 is 0. The first-order valence-corrected chi connectivity index (χ1v) is 6.96. The largest absolute Gasteiger partial charge is 0.502 e. The third-order valence-electron chi connectivity index (χ3n) is 3.20. The Morgan fingerprint density at radius 3 is 2.71 bits per heavy atom. The van der Waals surface area contributed by atoms with Crippen molar-refractivity contribution in [2.45, 2.75) is 0 Å². The summed E-state index contributed by atoms with van der Waals surface area (Å²) in [4.78, 5) is 24.0. The number of nitrogens with one attached hydrogen (secondary N) is 1. The maximum atomic E-state index is 12.0. The van der Waals surface area contributed by atoms with Crippen LogP contribution in [0.25, 0.3) is 0 Å². The third kappa shape index (κ3) is 4.07. The molecular formula is C16H16N4O4. The predicted molar refractivity (Wildman–Crippen MR) is 90.6 cm³/mol. The van der Waals surface area contributed by atoms with Crippen molar-refractivity contribution in [3.63, 3.8) is 0 Å². The molecule has 0 fully saturated rings. The third-order valence-corrected chi connectivity index (χ3v) is 3.20. The highest BCUT2D eigenvalue weighted by atomic mass is 16.6. The lowest BCUT2D eigenvalue weighted by atomic mass is 10.2. The van der Waals surface area contributed by atoms with Crippen LogP contribution in [-0.4, -0.2) is 36.2 Å². The number of phenols is 1. The van der Waals surface area contributed by atoms with E-state index in [9.17, 15) is 20.0 Å². The number of hydrazone groups is 1. The number of aromatic hydroxyl groups is 1. The van der Waals surface area contributed by atoms with Crippen molar-refractivity contribution in [1.82, 2.24) is 5.43 Å². The van der Waals surface area contributed by atoms with Crippen molar-refractivity contribution in [3.05, 3.63) is 63.7 Å². The Morgan fingerprint density at radius 1 is 1.29 bits per heavy atom. The molecule has 0 unspecified atom stereocenters. The van der Waals surface area contributed by atoms with Gasteiger partial charge in [-0.15, -0.1) is 0 Å². The van der Waals surface area contributed by atoms with Crippen LogP contribution < -0.4 is 10.3 Å². The highest BCUT2D eigenvalue weighted by Gasteiger charge is 2.12. The van der Waals surface area contributed by atoms with Crippen molar-refractivity contribution >= 4 is 23.5 Å². The topological polar surface area (TPSA) is 108 Å². The summed E-state index contributed by atoms with van der Waals surface area (Å²) in [5, 5.41) is 23.9. The summed E-state index contributed by atoms with van der Waals surface area (Å²) < 4.78 is 0. The van der Waals surface area contributed by atoms with Crippen molar-refractivity contribution in [2.24, 2.45) is 5.10 Å². The van der Waals surface area contributed by atoms with E-state index in [1.807, 2.05) is 25.1 Å². The van der Waals surface area contributed by atoms with E-state index in [0.717, 1.165) is 11.8 Å². The van der Waals surface area contributed by atoms with Crippen LogP contribution in [0.5, 0.6) is 5.75 Å². The van der Waals surface area contributed by atoms with Gasteiger partial charge in [-0.2, -0.15) is 5.10 Å². The van der Waals surface area contributed by atoms with Crippen LogP contribution in [0.15, 0.2) is 47.6 Å². The van der Waals surface area contributed by atoms with E-state index in [0.29, 0.717) is 11.1 Å². The SMILES string of the molecule is CN(C)c1cccc(C(=O)NN=Cc2ccc(O)c([N+](=O)[O-])c2)c1. The van der Waals surface area contributed by atoms with Gasteiger partial charge >= 0.3 is 5.69 Å². The number of benzene rings is 2. The maximum absolute atomic E-state index is 12.0. The summed E-state index contributed by atoms with van der Waals surface area (Å²) in [5.41, 5.74) is 3.62. The summed E-state index contributed by atoms with van der Waals surface area (Å²) in [6.45, 7) is 0. The zero-order chi connectivity index (χ0) is 17.7. The minimum absolute atomic E-state index is 0.377. The van der Waals surface area contributed by atoms with Crippen LogP contribution in [0.1, 0.15) is 15.9 Å². The standard InChI is InChI=1S/C16H16N4O4/c1-19(2)13-5-3-4-12(9-13)16(22)18-17-10-11-6-7-15(21)14(8-11)20(23)24/h3-10,21H,1-2H3,(H,18,22). The Balaban J connectivity index is 2.09. The van der Waals surface area contributed by atoms with Gasteiger partial charge in [-0.1, -0.05) is 6.07 Å². The van der Waals surface area contributed by atoms with Crippen LogP contribution in [0.4, 0.5) is 11.4 Å². The number of phenolic OH excluding ortho intramolecular Hbond substituents is 1. The monoisotopic (exact) mass is 328 g/mol. The molecule has 0 radical (unpaired) electrons. The number of rotatable bonds is 5. The van der Waals surface area contributed by atoms with Crippen molar-refractivity contribution in [2.75, 3.05) is 19.0 Å². The number of hydrogen-bond acceptors (Lipinski definition) is 6. The summed E-state index contributed by atoms with van der Waals surface area (Å²) in [6.07, 6.45) is 1.26. The molecule has 0 aliphatic carbocycles. The molecule has 0 aliphatic heterocycles. The first-order valence-electron chi connectivity index (χ1n) is 6.96. The van der Waals surface area contributed by atoms with Crippen molar-refractivity contribution in [1.29, 1.82) is 0 Å². The summed E-state index contributed by atoms with van der Waals surface area (Å²) in [6, 6.07) is 10.8. The molecule has 124 valence electrons. The molecule has 0 heterocycles. The first-order chi connectivity index (χ1) is 11.4. The Hall–Kier alpha value is -3.42. The highest BCUT2D eigenvalue weighted by Crippen LogP contribution is 2.25. The number of carbonyl (C=O) groups excluding carboxylic acids is 1. The van der Waals surface area contributed by atoms with E-state index >= 15 is 0 Å². The van der Waals surface area contributed by atoms with Crippen LogP contribution in [0.2, 0.25) is 0 Å². The van der Waals surface area contributed by atoms with Gasteiger partial charge in [0.2, 0.25) is 0 Å². The van der Waals surface area contributed by atoms with E-state index in [1.165, 1.54) is 18.3 Å². The second-order valence-corrected chi connectivity index (χ2v) is 5.15. The molecular weight excluding hydrogens is 312 g/mol. The van der Waals surface area contributed by atoms with Crippen LogP contribution in [0.3, 0.4) is 0 Å². The fourth-order valence-electron chi connectivity index (χ4n) is 1.92. The molecule has 2 N–H and O–H groups in total. The predicted octanol–water partition coefficient (Wildman–Crippen LogP) is 2.13. The average molecular weight is 328 g/mol. The second-order valence-electron chi connectivity index (χ2n) is 5.15. The van der Waals surface area contributed by atoms with E-state index in [1.54, 1.807) is 18.2 Å². The molecule has 0 aliphatic rings. The van der Waals surface area contributed by atoms with Crippen molar-refractivity contribution < 1.29 is 14.8 Å². The molecule has 24 heavy (non-hydrogen) atoms. The molecule has 0 spiro atoms. The van der Waals surface area contributed by atoms with Crippen LogP contribution in [-0.2, 0) is 0 Å². The van der Waals surface area contributed by atoms with Gasteiger partial charge in [-0.3, -0.25) is 14.9 Å². The smallest absolute Gasteiger partial charge is 0.311 e. The molecule has 1 amide bonds. The Bertz CT molecular complexity index is 802. The van der Waals surface area contributed by atoms with Gasteiger partial charge in [0.1, 0.15) is 0 Å². The molecule has 2 aromatic rings. The Labute approximate surface area is 138 Å². The zero-order valence-corrected chi connectivity index (χ0v) is 13.1. The maximum Gasteiger partial charge on any atom is 0.311 e. The van der Waals surface area contributed by atoms with Crippen LogP contribution in [0, 0.1) is 10.1 Å². The molecule has 8 nitrogen and oxygen atoms in total. The van der Waals surface area contributed by atoms with E-state index < -0.39 is 22.3 Å². The van der Waals surface area contributed by atoms with Gasteiger partial charge in [-0.05, 0) is 30.3 Å². The molecule has 8 heteroatoms. The van der Waals surface area contributed by atoms with Crippen molar-refractivity contribution in [3.8, 4) is 5.75 Å². The molecule has 0 saturated heterocycles. The Kier molecular flexibility index (Phi) is 5.10. The van der Waals surface area contributed by atoms with Crippen LogP contribution >= 0.6 is 0 Å². The molecule has 0 bridgehead atoms. The number of amides is 1. The molecule has 2 aromatic carbocycles. The first kappa shape index (κ1) is 16.9. The van der Waals surface area contributed by atoms with E-state index in [4.69, 9.17) is 0 Å². The number of carbonyl (C=O) groups is 1. The average Bonchev–Trinajstić information content (AvgIpc) is 2.56. The summed E-state index contributed by atoms with van der Waals surface area (Å²) in [5.74, 6) is -0.829.